The Morgan fingerprint density at radius 2 is 1.89 bits per heavy atom. The highest BCUT2D eigenvalue weighted by Gasteiger charge is 2.32. The van der Waals surface area contributed by atoms with Crippen LogP contribution in [0.15, 0.2) is 30.3 Å². The Labute approximate surface area is 105 Å². The van der Waals surface area contributed by atoms with Crippen LogP contribution in [0.25, 0.3) is 10.4 Å². The zero-order valence-corrected chi connectivity index (χ0v) is 9.77. The number of nitrogen functional groups attached to an aromatic ring is 1. The number of anilines is 1. The number of alkyl halides is 3. The van der Waals surface area contributed by atoms with E-state index in [2.05, 4.69) is 0 Å². The largest absolute Gasteiger partial charge is 0.418 e. The molecule has 2 rings (SSSR count). The second-order valence-corrected chi connectivity index (χ2v) is 4.66. The van der Waals surface area contributed by atoms with Crippen molar-refractivity contribution < 1.29 is 13.2 Å². The predicted molar refractivity (Wildman–Crippen MR) is 63.9 cm³/mol. The van der Waals surface area contributed by atoms with Gasteiger partial charge in [-0.15, -0.1) is 11.3 Å². The molecule has 0 spiro atoms. The summed E-state index contributed by atoms with van der Waals surface area (Å²) in [6, 6.07) is 8.86. The average Bonchev–Trinajstić information content (AvgIpc) is 2.75. The van der Waals surface area contributed by atoms with Crippen LogP contribution in [0.5, 0.6) is 0 Å². The van der Waals surface area contributed by atoms with Crippen LogP contribution < -0.4 is 5.73 Å². The SMILES string of the molecule is N#Cc1ccc(-c2ccc(C(F)(F)F)c(N)c2)s1. The smallest absolute Gasteiger partial charge is 0.398 e. The molecule has 18 heavy (non-hydrogen) atoms. The molecule has 0 saturated heterocycles. The number of hydrogen-bond acceptors (Lipinski definition) is 3. The first-order valence-corrected chi connectivity index (χ1v) is 5.70. The molecule has 6 heteroatoms. The van der Waals surface area contributed by atoms with Crippen molar-refractivity contribution in [3.8, 4) is 16.5 Å². The van der Waals surface area contributed by atoms with Gasteiger partial charge in [-0.1, -0.05) is 6.07 Å². The van der Waals surface area contributed by atoms with Crippen LogP contribution >= 0.6 is 11.3 Å². The minimum absolute atomic E-state index is 0.313. The van der Waals surface area contributed by atoms with E-state index in [4.69, 9.17) is 11.0 Å². The van der Waals surface area contributed by atoms with Crippen LogP contribution in [-0.4, -0.2) is 0 Å². The van der Waals surface area contributed by atoms with Gasteiger partial charge in [0.1, 0.15) is 10.9 Å². The van der Waals surface area contributed by atoms with Gasteiger partial charge in [-0.05, 0) is 29.8 Å². The van der Waals surface area contributed by atoms with Crippen LogP contribution in [0.3, 0.4) is 0 Å². The first-order chi connectivity index (χ1) is 8.41. The maximum Gasteiger partial charge on any atom is 0.418 e. The summed E-state index contributed by atoms with van der Waals surface area (Å²) in [5.41, 5.74) is 4.82. The number of thiophene rings is 1. The van der Waals surface area contributed by atoms with E-state index >= 15 is 0 Å². The molecule has 2 nitrogen and oxygen atoms in total. The van der Waals surface area contributed by atoms with E-state index in [1.54, 1.807) is 12.1 Å². The summed E-state index contributed by atoms with van der Waals surface area (Å²) in [5.74, 6) is 0. The molecular weight excluding hydrogens is 261 g/mol. The number of hydrogen-bond donors (Lipinski definition) is 1. The Bertz CT molecular complexity index is 623. The van der Waals surface area contributed by atoms with Crippen LogP contribution in [0, 0.1) is 11.3 Å². The first kappa shape index (κ1) is 12.5. The quantitative estimate of drug-likeness (QED) is 0.798. The summed E-state index contributed by atoms with van der Waals surface area (Å²) in [6.45, 7) is 0. The predicted octanol–water partition coefficient (Wildman–Crippen LogP) is 3.89. The lowest BCUT2D eigenvalue weighted by molar-refractivity contribution is -0.136. The molecule has 0 unspecified atom stereocenters. The zero-order valence-electron chi connectivity index (χ0n) is 8.95. The molecule has 2 aromatic rings. The monoisotopic (exact) mass is 268 g/mol. The molecule has 0 aliphatic heterocycles. The molecule has 2 N–H and O–H groups in total. The molecule has 0 amide bonds. The van der Waals surface area contributed by atoms with E-state index < -0.39 is 11.7 Å². The number of rotatable bonds is 1. The van der Waals surface area contributed by atoms with Crippen LogP contribution in [0.2, 0.25) is 0 Å². The third kappa shape index (κ3) is 2.31. The van der Waals surface area contributed by atoms with Gasteiger partial charge in [-0.3, -0.25) is 0 Å². The minimum Gasteiger partial charge on any atom is -0.398 e. The van der Waals surface area contributed by atoms with Gasteiger partial charge in [-0.2, -0.15) is 18.4 Å². The fraction of sp³-hybridized carbons (Fsp3) is 0.0833. The summed E-state index contributed by atoms with van der Waals surface area (Å²) in [7, 11) is 0. The average molecular weight is 268 g/mol. The molecule has 0 radical (unpaired) electrons. The topological polar surface area (TPSA) is 49.8 Å². The highest BCUT2D eigenvalue weighted by Crippen LogP contribution is 2.37. The number of halogens is 3. The Morgan fingerprint density at radius 3 is 2.39 bits per heavy atom. The van der Waals surface area contributed by atoms with E-state index in [9.17, 15) is 13.2 Å². The van der Waals surface area contributed by atoms with Crippen LogP contribution in [0.1, 0.15) is 10.4 Å². The third-order valence-corrected chi connectivity index (χ3v) is 3.40. The molecule has 1 aromatic heterocycles. The summed E-state index contributed by atoms with van der Waals surface area (Å²) in [5, 5.41) is 8.69. The van der Waals surface area contributed by atoms with Crippen LogP contribution in [0.4, 0.5) is 18.9 Å². The van der Waals surface area contributed by atoms with E-state index in [1.807, 2.05) is 6.07 Å². The number of nitrogens with two attached hydrogens (primary N) is 1. The van der Waals surface area contributed by atoms with Gasteiger partial charge >= 0.3 is 6.18 Å². The maximum atomic E-state index is 12.5. The maximum absolute atomic E-state index is 12.5. The van der Waals surface area contributed by atoms with E-state index in [1.165, 1.54) is 23.5 Å². The molecule has 0 atom stereocenters. The van der Waals surface area contributed by atoms with Gasteiger partial charge in [-0.25, -0.2) is 0 Å². The number of nitrogens with zero attached hydrogens (tertiary/aromatic N) is 1. The van der Waals surface area contributed by atoms with Crippen molar-refractivity contribution >= 4 is 17.0 Å². The van der Waals surface area contributed by atoms with Gasteiger partial charge < -0.3 is 5.73 Å². The summed E-state index contributed by atoms with van der Waals surface area (Å²) >= 11 is 1.21. The second kappa shape index (κ2) is 4.35. The standard InChI is InChI=1S/C12H7F3N2S/c13-12(14,15)9-3-1-7(5-10(9)17)11-4-2-8(6-16)18-11/h1-5H,17H2. The number of nitriles is 1. The van der Waals surface area contributed by atoms with Crippen molar-refractivity contribution in [1.29, 1.82) is 5.26 Å². The molecule has 92 valence electrons. The first-order valence-electron chi connectivity index (χ1n) is 4.89. The molecule has 0 aliphatic rings. The third-order valence-electron chi connectivity index (χ3n) is 2.36. The summed E-state index contributed by atoms with van der Waals surface area (Å²) in [6.07, 6.45) is -4.45. The van der Waals surface area contributed by atoms with Crippen molar-refractivity contribution in [1.82, 2.24) is 0 Å². The second-order valence-electron chi connectivity index (χ2n) is 3.58. The summed E-state index contributed by atoms with van der Waals surface area (Å²) in [4.78, 5) is 1.22. The Hall–Kier alpha value is -2.00. The van der Waals surface area contributed by atoms with Crippen molar-refractivity contribution in [2.75, 3.05) is 5.73 Å². The lowest BCUT2D eigenvalue weighted by Gasteiger charge is -2.10. The van der Waals surface area contributed by atoms with Crippen molar-refractivity contribution in [2.45, 2.75) is 6.18 Å². The summed E-state index contributed by atoms with van der Waals surface area (Å²) < 4.78 is 37.6. The van der Waals surface area contributed by atoms with Crippen molar-refractivity contribution in [2.24, 2.45) is 0 Å². The molecule has 0 aliphatic carbocycles. The normalized spacial score (nSPS) is 11.2. The Balaban J connectivity index is 2.44. The number of benzene rings is 1. The van der Waals surface area contributed by atoms with Crippen LogP contribution in [-0.2, 0) is 6.18 Å². The van der Waals surface area contributed by atoms with Gasteiger partial charge in [0, 0.05) is 10.6 Å². The van der Waals surface area contributed by atoms with Gasteiger partial charge in [0.15, 0.2) is 0 Å². The molecule has 0 saturated carbocycles. The fourth-order valence-electron chi connectivity index (χ4n) is 1.53. The van der Waals surface area contributed by atoms with Crippen molar-refractivity contribution in [3.63, 3.8) is 0 Å². The van der Waals surface area contributed by atoms with E-state index in [0.717, 1.165) is 6.07 Å². The fourth-order valence-corrected chi connectivity index (χ4v) is 2.33. The highest BCUT2D eigenvalue weighted by molar-refractivity contribution is 7.16. The molecular formula is C12H7F3N2S. The Morgan fingerprint density at radius 1 is 1.17 bits per heavy atom. The highest BCUT2D eigenvalue weighted by atomic mass is 32.1. The van der Waals surface area contributed by atoms with E-state index in [-0.39, 0.29) is 5.69 Å². The molecule has 0 bridgehead atoms. The molecule has 1 aromatic carbocycles. The zero-order chi connectivity index (χ0) is 13.3. The lowest BCUT2D eigenvalue weighted by atomic mass is 10.1. The molecule has 0 fully saturated rings. The Kier molecular flexibility index (Phi) is 3.01. The minimum atomic E-state index is -4.45. The molecule has 1 heterocycles. The lowest BCUT2D eigenvalue weighted by Crippen LogP contribution is -2.08. The van der Waals surface area contributed by atoms with Gasteiger partial charge in [0.05, 0.1) is 5.56 Å². The van der Waals surface area contributed by atoms with Crippen molar-refractivity contribution in [3.05, 3.63) is 40.8 Å². The van der Waals surface area contributed by atoms with Gasteiger partial charge in [0.2, 0.25) is 0 Å². The van der Waals surface area contributed by atoms with Gasteiger partial charge in [0.25, 0.3) is 0 Å². The van der Waals surface area contributed by atoms with E-state index in [0.29, 0.717) is 15.3 Å².